The molecule has 312 valence electrons. The lowest BCUT2D eigenvalue weighted by molar-refractivity contribution is -0.132. The second kappa shape index (κ2) is 41.5. The molecule has 0 aliphatic carbocycles. The van der Waals surface area contributed by atoms with Gasteiger partial charge in [0, 0.05) is 0 Å². The standard InChI is InChI=1S/C46H93NO5/c1-3-5-7-9-10-11-12-13-14-15-16-17-18-19-20-21-22-23-24-25-26-27-28-29-30-31-32-33-34-35-36-38-40-44(50)46(52)47-42(41-48)45(51)43(49)39-37-8-6-4-2/h42-45,48-51H,3-41H2,1-2H3,(H,47,52). The average molecular weight is 740 g/mol. The molecular formula is C46H93NO5. The van der Waals surface area contributed by atoms with Gasteiger partial charge in [-0.3, -0.25) is 4.79 Å². The monoisotopic (exact) mass is 740 g/mol. The summed E-state index contributed by atoms with van der Waals surface area (Å²) in [6.07, 6.45) is 45.3. The van der Waals surface area contributed by atoms with Crippen molar-refractivity contribution in [2.24, 2.45) is 0 Å². The Morgan fingerprint density at radius 1 is 0.404 bits per heavy atom. The molecule has 5 N–H and O–H groups in total. The summed E-state index contributed by atoms with van der Waals surface area (Å²) in [5.41, 5.74) is 0. The number of carbonyl (C=O) groups excluding carboxylic acids is 1. The molecule has 4 atom stereocenters. The minimum Gasteiger partial charge on any atom is -0.394 e. The fourth-order valence-electron chi connectivity index (χ4n) is 7.58. The first-order valence-corrected chi connectivity index (χ1v) is 23.4. The summed E-state index contributed by atoms with van der Waals surface area (Å²) in [6, 6.07) is -0.975. The molecule has 0 radical (unpaired) electrons. The first-order valence-electron chi connectivity index (χ1n) is 23.4. The summed E-state index contributed by atoms with van der Waals surface area (Å²) in [6.45, 7) is 3.93. The van der Waals surface area contributed by atoms with Crippen molar-refractivity contribution in [1.29, 1.82) is 0 Å². The third kappa shape index (κ3) is 35.0. The molecule has 0 saturated carbocycles. The molecule has 0 bridgehead atoms. The van der Waals surface area contributed by atoms with Crippen LogP contribution in [0, 0.1) is 0 Å². The highest BCUT2D eigenvalue weighted by Crippen LogP contribution is 2.18. The lowest BCUT2D eigenvalue weighted by atomic mass is 9.99. The first-order chi connectivity index (χ1) is 25.5. The first kappa shape index (κ1) is 51.3. The molecule has 1 amide bonds. The predicted molar refractivity (Wildman–Crippen MR) is 224 cm³/mol. The van der Waals surface area contributed by atoms with Gasteiger partial charge in [-0.25, -0.2) is 0 Å². The Kier molecular flexibility index (Phi) is 40.9. The van der Waals surface area contributed by atoms with Gasteiger partial charge >= 0.3 is 0 Å². The Morgan fingerprint density at radius 2 is 0.654 bits per heavy atom. The molecule has 0 rings (SSSR count). The molecule has 0 spiro atoms. The second-order valence-electron chi connectivity index (χ2n) is 16.5. The molecule has 0 saturated heterocycles. The van der Waals surface area contributed by atoms with E-state index in [0.29, 0.717) is 12.8 Å². The Hall–Kier alpha value is -0.690. The maximum absolute atomic E-state index is 12.4. The maximum Gasteiger partial charge on any atom is 0.249 e. The van der Waals surface area contributed by atoms with Crippen molar-refractivity contribution in [3.05, 3.63) is 0 Å². The van der Waals surface area contributed by atoms with Crippen LogP contribution in [0.15, 0.2) is 0 Å². The van der Waals surface area contributed by atoms with Crippen molar-refractivity contribution in [2.75, 3.05) is 6.61 Å². The number of aliphatic hydroxyl groups is 4. The van der Waals surface area contributed by atoms with Crippen molar-refractivity contribution >= 4 is 5.91 Å². The minimum atomic E-state index is -1.25. The van der Waals surface area contributed by atoms with Gasteiger partial charge in [0.15, 0.2) is 0 Å². The van der Waals surface area contributed by atoms with Crippen molar-refractivity contribution in [3.63, 3.8) is 0 Å². The van der Waals surface area contributed by atoms with E-state index in [1.165, 1.54) is 186 Å². The van der Waals surface area contributed by atoms with Gasteiger partial charge in [0.05, 0.1) is 18.8 Å². The van der Waals surface area contributed by atoms with Gasteiger partial charge in [-0.2, -0.15) is 0 Å². The Morgan fingerprint density at radius 3 is 0.942 bits per heavy atom. The highest BCUT2D eigenvalue weighted by atomic mass is 16.3. The molecule has 0 aromatic rings. The van der Waals surface area contributed by atoms with E-state index in [2.05, 4.69) is 19.2 Å². The largest absolute Gasteiger partial charge is 0.394 e. The molecule has 52 heavy (non-hydrogen) atoms. The number of hydrogen-bond donors (Lipinski definition) is 5. The third-order valence-corrected chi connectivity index (χ3v) is 11.3. The van der Waals surface area contributed by atoms with Gasteiger partial charge in [-0.1, -0.05) is 245 Å². The highest BCUT2D eigenvalue weighted by Gasteiger charge is 2.28. The molecule has 0 aromatic carbocycles. The van der Waals surface area contributed by atoms with Crippen LogP contribution in [-0.4, -0.2) is 57.3 Å². The summed E-state index contributed by atoms with van der Waals surface area (Å²) in [5.74, 6) is -0.586. The molecule has 0 fully saturated rings. The lowest BCUT2D eigenvalue weighted by Crippen LogP contribution is -2.53. The van der Waals surface area contributed by atoms with E-state index in [0.717, 1.165) is 44.9 Å². The van der Waals surface area contributed by atoms with Crippen LogP contribution in [0.4, 0.5) is 0 Å². The van der Waals surface area contributed by atoms with E-state index < -0.39 is 36.9 Å². The highest BCUT2D eigenvalue weighted by molar-refractivity contribution is 5.80. The van der Waals surface area contributed by atoms with Gasteiger partial charge in [-0.15, -0.1) is 0 Å². The van der Waals surface area contributed by atoms with E-state index in [1.54, 1.807) is 0 Å². The lowest BCUT2D eigenvalue weighted by Gasteiger charge is -2.27. The number of nitrogens with one attached hydrogen (secondary N) is 1. The molecule has 0 aliphatic rings. The zero-order valence-electron chi connectivity index (χ0n) is 35.1. The summed E-state index contributed by atoms with van der Waals surface area (Å²) in [5, 5.41) is 43.0. The summed E-state index contributed by atoms with van der Waals surface area (Å²) >= 11 is 0. The average Bonchev–Trinajstić information content (AvgIpc) is 3.15. The topological polar surface area (TPSA) is 110 Å². The smallest absolute Gasteiger partial charge is 0.249 e. The molecule has 4 unspecified atom stereocenters. The number of aliphatic hydroxyl groups excluding tert-OH is 4. The van der Waals surface area contributed by atoms with Crippen LogP contribution in [0.5, 0.6) is 0 Å². The number of rotatable bonds is 43. The minimum absolute atomic E-state index is 0.374. The number of hydrogen-bond acceptors (Lipinski definition) is 5. The van der Waals surface area contributed by atoms with E-state index in [-0.39, 0.29) is 0 Å². The Labute approximate surface area is 324 Å². The van der Waals surface area contributed by atoms with E-state index >= 15 is 0 Å². The molecular weight excluding hydrogens is 647 g/mol. The van der Waals surface area contributed by atoms with Gasteiger partial charge in [0.1, 0.15) is 12.2 Å². The van der Waals surface area contributed by atoms with Crippen molar-refractivity contribution in [2.45, 2.75) is 282 Å². The zero-order valence-corrected chi connectivity index (χ0v) is 35.1. The quantitative estimate of drug-likeness (QED) is 0.0400. The third-order valence-electron chi connectivity index (χ3n) is 11.3. The Balaban J connectivity index is 3.40. The van der Waals surface area contributed by atoms with Crippen LogP contribution in [0.2, 0.25) is 0 Å². The van der Waals surface area contributed by atoms with Gasteiger partial charge in [-0.05, 0) is 12.8 Å². The summed E-state index contributed by atoms with van der Waals surface area (Å²) in [4.78, 5) is 12.4. The normalized spacial score (nSPS) is 14.0. The van der Waals surface area contributed by atoms with Gasteiger partial charge < -0.3 is 25.7 Å². The van der Waals surface area contributed by atoms with Crippen LogP contribution in [0.3, 0.4) is 0 Å². The number of unbranched alkanes of at least 4 members (excludes halogenated alkanes) is 34. The van der Waals surface area contributed by atoms with Crippen molar-refractivity contribution in [3.8, 4) is 0 Å². The number of amides is 1. The molecule has 0 heterocycles. The predicted octanol–water partition coefficient (Wildman–Crippen LogP) is 12.4. The van der Waals surface area contributed by atoms with Gasteiger partial charge in [0.2, 0.25) is 5.91 Å². The van der Waals surface area contributed by atoms with Crippen molar-refractivity contribution < 1.29 is 25.2 Å². The zero-order chi connectivity index (χ0) is 38.2. The van der Waals surface area contributed by atoms with Crippen LogP contribution in [0.25, 0.3) is 0 Å². The fraction of sp³-hybridized carbons (Fsp3) is 0.978. The van der Waals surface area contributed by atoms with Crippen LogP contribution in [-0.2, 0) is 4.79 Å². The van der Waals surface area contributed by atoms with Crippen LogP contribution >= 0.6 is 0 Å². The second-order valence-corrected chi connectivity index (χ2v) is 16.5. The maximum atomic E-state index is 12.4. The van der Waals surface area contributed by atoms with E-state index in [1.807, 2.05) is 0 Å². The molecule has 6 heteroatoms. The molecule has 6 nitrogen and oxygen atoms in total. The molecule has 0 aromatic heterocycles. The van der Waals surface area contributed by atoms with E-state index in [9.17, 15) is 25.2 Å². The fourth-order valence-corrected chi connectivity index (χ4v) is 7.58. The number of carbonyl (C=O) groups is 1. The summed E-state index contributed by atoms with van der Waals surface area (Å²) in [7, 11) is 0. The SMILES string of the molecule is CCCCCCCCCCCCCCCCCCCCCCCCCCCCCCCCCCC(O)C(=O)NC(CO)C(O)C(O)CCCCCC. The Bertz CT molecular complexity index is 706. The van der Waals surface area contributed by atoms with Crippen LogP contribution in [0.1, 0.15) is 258 Å². The van der Waals surface area contributed by atoms with Crippen molar-refractivity contribution in [1.82, 2.24) is 5.32 Å². The van der Waals surface area contributed by atoms with E-state index in [4.69, 9.17) is 0 Å². The van der Waals surface area contributed by atoms with Crippen LogP contribution < -0.4 is 5.32 Å². The molecule has 0 aliphatic heterocycles. The van der Waals surface area contributed by atoms with Gasteiger partial charge in [0.25, 0.3) is 0 Å². The summed E-state index contributed by atoms with van der Waals surface area (Å²) < 4.78 is 0.